The third-order valence-corrected chi connectivity index (χ3v) is 2.73. The zero-order chi connectivity index (χ0) is 12.9. The van der Waals surface area contributed by atoms with Crippen molar-refractivity contribution in [3.05, 3.63) is 30.1 Å². The van der Waals surface area contributed by atoms with Crippen LogP contribution in [-0.2, 0) is 0 Å². The molecule has 0 aliphatic rings. The van der Waals surface area contributed by atoms with Gasteiger partial charge in [-0.25, -0.2) is 4.39 Å². The van der Waals surface area contributed by atoms with Crippen LogP contribution in [-0.4, -0.2) is 18.6 Å². The number of rotatable bonds is 5. The van der Waals surface area contributed by atoms with Crippen LogP contribution in [0, 0.1) is 17.1 Å². The predicted molar refractivity (Wildman–Crippen MR) is 67.1 cm³/mol. The van der Waals surface area contributed by atoms with E-state index in [1.807, 2.05) is 6.92 Å². The van der Waals surface area contributed by atoms with Crippen molar-refractivity contribution in [2.45, 2.75) is 25.8 Å². The number of hydrogen-bond donors (Lipinski definition) is 1. The molecule has 0 aromatic heterocycles. The molecule has 1 aromatic carbocycles. The summed E-state index contributed by atoms with van der Waals surface area (Å²) in [6.07, 6.45) is 0.578. The summed E-state index contributed by atoms with van der Waals surface area (Å²) in [6, 6.07) is 8.41. The minimum atomic E-state index is -0.812. The number of nitrogens with two attached hydrogens (primary N) is 1. The van der Waals surface area contributed by atoms with E-state index >= 15 is 0 Å². The van der Waals surface area contributed by atoms with Crippen LogP contribution in [0.3, 0.4) is 0 Å². The van der Waals surface area contributed by atoms with Crippen LogP contribution in [0.1, 0.15) is 20.3 Å². The minimum absolute atomic E-state index is 0.245. The fraction of sp³-hybridized carbons (Fsp3) is 0.462. The van der Waals surface area contributed by atoms with Crippen molar-refractivity contribution in [3.8, 4) is 6.07 Å². The monoisotopic (exact) mass is 235 g/mol. The predicted octanol–water partition coefficient (Wildman–Crippen LogP) is 2.28. The fourth-order valence-electron chi connectivity index (χ4n) is 1.54. The molecule has 1 aromatic rings. The number of anilines is 1. The molecule has 0 bridgehead atoms. The Kier molecular flexibility index (Phi) is 4.47. The van der Waals surface area contributed by atoms with E-state index in [1.165, 1.54) is 12.1 Å². The fourth-order valence-corrected chi connectivity index (χ4v) is 1.54. The number of hydrogen-bond acceptors (Lipinski definition) is 3. The highest BCUT2D eigenvalue weighted by atomic mass is 19.1. The Labute approximate surface area is 102 Å². The molecule has 0 amide bonds. The zero-order valence-electron chi connectivity index (χ0n) is 10.3. The maximum atomic E-state index is 12.8. The Morgan fingerprint density at radius 3 is 2.47 bits per heavy atom. The molecule has 1 unspecified atom stereocenters. The molecule has 1 atom stereocenters. The van der Waals surface area contributed by atoms with Crippen LogP contribution >= 0.6 is 0 Å². The van der Waals surface area contributed by atoms with E-state index in [0.717, 1.165) is 12.2 Å². The van der Waals surface area contributed by atoms with E-state index in [4.69, 9.17) is 11.0 Å². The second-order valence-electron chi connectivity index (χ2n) is 4.34. The summed E-state index contributed by atoms with van der Waals surface area (Å²) in [5, 5.41) is 8.84. The Hall–Kier alpha value is -1.60. The molecule has 2 N–H and O–H groups in total. The molecule has 0 aliphatic carbocycles. The molecular weight excluding hydrogens is 217 g/mol. The molecule has 0 radical (unpaired) electrons. The van der Waals surface area contributed by atoms with Gasteiger partial charge in [-0.2, -0.15) is 5.26 Å². The summed E-state index contributed by atoms with van der Waals surface area (Å²) in [7, 11) is 0. The summed E-state index contributed by atoms with van der Waals surface area (Å²) in [6.45, 7) is 5.21. The number of halogens is 1. The SMILES string of the molecule is CCN(CCC(C)(N)C#N)c1ccc(F)cc1. The zero-order valence-corrected chi connectivity index (χ0v) is 10.3. The molecule has 92 valence electrons. The third-order valence-electron chi connectivity index (χ3n) is 2.73. The average molecular weight is 235 g/mol. The van der Waals surface area contributed by atoms with Crippen molar-refractivity contribution in [1.82, 2.24) is 0 Å². The summed E-state index contributed by atoms with van der Waals surface area (Å²) in [5.74, 6) is -0.245. The molecule has 0 aliphatic heterocycles. The van der Waals surface area contributed by atoms with Gasteiger partial charge in [0.25, 0.3) is 0 Å². The van der Waals surface area contributed by atoms with E-state index in [1.54, 1.807) is 19.1 Å². The maximum absolute atomic E-state index is 12.8. The van der Waals surface area contributed by atoms with Gasteiger partial charge in [-0.3, -0.25) is 0 Å². The molecule has 4 heteroatoms. The van der Waals surface area contributed by atoms with Gasteiger partial charge in [-0.15, -0.1) is 0 Å². The first-order valence-corrected chi connectivity index (χ1v) is 5.69. The van der Waals surface area contributed by atoms with Crippen LogP contribution in [0.2, 0.25) is 0 Å². The van der Waals surface area contributed by atoms with Crippen molar-refractivity contribution in [2.24, 2.45) is 5.73 Å². The van der Waals surface area contributed by atoms with Gasteiger partial charge in [-0.1, -0.05) is 0 Å². The lowest BCUT2D eigenvalue weighted by molar-refractivity contribution is 0.540. The second-order valence-corrected chi connectivity index (χ2v) is 4.34. The normalized spacial score (nSPS) is 13.8. The van der Waals surface area contributed by atoms with Crippen LogP contribution in [0.25, 0.3) is 0 Å². The molecule has 0 heterocycles. The van der Waals surface area contributed by atoms with Gasteiger partial charge in [-0.05, 0) is 44.5 Å². The smallest absolute Gasteiger partial charge is 0.123 e. The van der Waals surface area contributed by atoms with E-state index in [-0.39, 0.29) is 5.82 Å². The highest BCUT2D eigenvalue weighted by Crippen LogP contribution is 2.16. The highest BCUT2D eigenvalue weighted by Gasteiger charge is 2.18. The Morgan fingerprint density at radius 1 is 1.41 bits per heavy atom. The Bertz CT molecular complexity index is 392. The van der Waals surface area contributed by atoms with Gasteiger partial charge in [0.15, 0.2) is 0 Å². The van der Waals surface area contributed by atoms with Crippen LogP contribution in [0.4, 0.5) is 10.1 Å². The van der Waals surface area contributed by atoms with Gasteiger partial charge in [0.1, 0.15) is 11.4 Å². The van der Waals surface area contributed by atoms with Crippen molar-refractivity contribution < 1.29 is 4.39 Å². The third kappa shape index (κ3) is 4.04. The van der Waals surface area contributed by atoms with Crippen LogP contribution in [0.15, 0.2) is 24.3 Å². The lowest BCUT2D eigenvalue weighted by Crippen LogP contribution is -2.39. The summed E-state index contributed by atoms with van der Waals surface area (Å²) in [4.78, 5) is 2.07. The van der Waals surface area contributed by atoms with Crippen molar-refractivity contribution in [3.63, 3.8) is 0 Å². The minimum Gasteiger partial charge on any atom is -0.372 e. The largest absolute Gasteiger partial charge is 0.372 e. The molecule has 0 spiro atoms. The van der Waals surface area contributed by atoms with E-state index in [9.17, 15) is 4.39 Å². The molecule has 3 nitrogen and oxygen atoms in total. The maximum Gasteiger partial charge on any atom is 0.123 e. The standard InChI is InChI=1S/C13H18FN3/c1-3-17(9-8-13(2,16)10-15)12-6-4-11(14)5-7-12/h4-7H,3,8-9,16H2,1-2H3. The second kappa shape index (κ2) is 5.65. The Morgan fingerprint density at radius 2 is 2.00 bits per heavy atom. The van der Waals surface area contributed by atoms with Crippen molar-refractivity contribution in [1.29, 1.82) is 5.26 Å². The number of nitrogens with zero attached hydrogens (tertiary/aromatic N) is 2. The first-order valence-electron chi connectivity index (χ1n) is 5.69. The summed E-state index contributed by atoms with van der Waals surface area (Å²) in [5.41, 5.74) is 5.91. The topological polar surface area (TPSA) is 53.0 Å². The molecule has 0 fully saturated rings. The van der Waals surface area contributed by atoms with Crippen LogP contribution < -0.4 is 10.6 Å². The molecule has 1 rings (SSSR count). The van der Waals surface area contributed by atoms with Crippen molar-refractivity contribution in [2.75, 3.05) is 18.0 Å². The number of nitriles is 1. The quantitative estimate of drug-likeness (QED) is 0.851. The lowest BCUT2D eigenvalue weighted by Gasteiger charge is -2.26. The van der Waals surface area contributed by atoms with Gasteiger partial charge in [0.05, 0.1) is 6.07 Å². The van der Waals surface area contributed by atoms with Crippen LogP contribution in [0.5, 0.6) is 0 Å². The molecular formula is C13H18FN3. The van der Waals surface area contributed by atoms with Gasteiger partial charge in [0.2, 0.25) is 0 Å². The van der Waals surface area contributed by atoms with Gasteiger partial charge < -0.3 is 10.6 Å². The first-order chi connectivity index (χ1) is 7.98. The first kappa shape index (κ1) is 13.5. The summed E-state index contributed by atoms with van der Waals surface area (Å²) >= 11 is 0. The van der Waals surface area contributed by atoms with E-state index < -0.39 is 5.54 Å². The average Bonchev–Trinajstić information content (AvgIpc) is 2.32. The van der Waals surface area contributed by atoms with E-state index in [0.29, 0.717) is 13.0 Å². The molecule has 0 saturated carbocycles. The number of benzene rings is 1. The van der Waals surface area contributed by atoms with Gasteiger partial charge >= 0.3 is 0 Å². The molecule has 17 heavy (non-hydrogen) atoms. The van der Waals surface area contributed by atoms with Crippen molar-refractivity contribution >= 4 is 5.69 Å². The lowest BCUT2D eigenvalue weighted by atomic mass is 10.0. The highest BCUT2D eigenvalue weighted by molar-refractivity contribution is 5.46. The molecule has 0 saturated heterocycles. The summed E-state index contributed by atoms with van der Waals surface area (Å²) < 4.78 is 12.8. The van der Waals surface area contributed by atoms with E-state index in [2.05, 4.69) is 11.0 Å². The Balaban J connectivity index is 2.67. The van der Waals surface area contributed by atoms with Gasteiger partial charge in [0, 0.05) is 18.8 Å².